The van der Waals surface area contributed by atoms with Crippen LogP contribution in [0, 0.1) is 6.92 Å². The predicted molar refractivity (Wildman–Crippen MR) is 119 cm³/mol. The number of fused-ring (bicyclic) bond motifs is 1. The highest BCUT2D eigenvalue weighted by Gasteiger charge is 2.24. The van der Waals surface area contributed by atoms with E-state index in [1.54, 1.807) is 24.3 Å². The molecule has 0 bridgehead atoms. The normalized spacial score (nSPS) is 15.4. The Labute approximate surface area is 181 Å². The van der Waals surface area contributed by atoms with Gasteiger partial charge in [-0.1, -0.05) is 54.6 Å². The SMILES string of the molecule is Cc1cccc2c1CCC2c1ccc(OCc2ccccc2C(=NC=O)C(=O)O)cc1. The van der Waals surface area contributed by atoms with E-state index in [-0.39, 0.29) is 18.7 Å². The van der Waals surface area contributed by atoms with Crippen LogP contribution in [0.5, 0.6) is 5.75 Å². The van der Waals surface area contributed by atoms with Crippen LogP contribution < -0.4 is 4.74 Å². The molecule has 0 saturated carbocycles. The molecule has 3 aromatic carbocycles. The third-order valence-electron chi connectivity index (χ3n) is 5.84. The zero-order chi connectivity index (χ0) is 21.8. The molecule has 5 heteroatoms. The minimum Gasteiger partial charge on any atom is -0.489 e. The van der Waals surface area contributed by atoms with Gasteiger partial charge in [0.1, 0.15) is 12.4 Å². The number of carboxylic acid groups (broad SMARTS) is 1. The third-order valence-corrected chi connectivity index (χ3v) is 5.84. The molecule has 31 heavy (non-hydrogen) atoms. The molecule has 4 rings (SSSR count). The summed E-state index contributed by atoms with van der Waals surface area (Å²) in [5.41, 5.74) is 6.24. The number of carboxylic acids is 1. The highest BCUT2D eigenvalue weighted by molar-refractivity contribution is 6.43. The van der Waals surface area contributed by atoms with Crippen molar-refractivity contribution >= 4 is 18.1 Å². The lowest BCUT2D eigenvalue weighted by Gasteiger charge is -2.14. The summed E-state index contributed by atoms with van der Waals surface area (Å²) in [6.07, 6.45) is 2.46. The van der Waals surface area contributed by atoms with Gasteiger partial charge in [0.25, 0.3) is 0 Å². The zero-order valence-corrected chi connectivity index (χ0v) is 17.2. The molecule has 0 spiro atoms. The summed E-state index contributed by atoms with van der Waals surface area (Å²) < 4.78 is 5.91. The maximum atomic E-state index is 11.5. The van der Waals surface area contributed by atoms with Crippen LogP contribution in [0.15, 0.2) is 71.7 Å². The maximum Gasteiger partial charge on any atom is 0.355 e. The van der Waals surface area contributed by atoms with E-state index < -0.39 is 5.97 Å². The first-order valence-corrected chi connectivity index (χ1v) is 10.2. The Morgan fingerprint density at radius 1 is 1.10 bits per heavy atom. The Kier molecular flexibility index (Phi) is 5.94. The molecular weight excluding hydrogens is 390 g/mol. The second-order valence-corrected chi connectivity index (χ2v) is 7.64. The smallest absolute Gasteiger partial charge is 0.355 e. The Hall–Kier alpha value is -3.73. The van der Waals surface area contributed by atoms with Crippen LogP contribution in [0.4, 0.5) is 0 Å². The number of hydrogen-bond acceptors (Lipinski definition) is 3. The summed E-state index contributed by atoms with van der Waals surface area (Å²) in [5, 5.41) is 9.36. The van der Waals surface area contributed by atoms with Gasteiger partial charge in [-0.2, -0.15) is 0 Å². The maximum absolute atomic E-state index is 11.5. The van der Waals surface area contributed by atoms with Crippen molar-refractivity contribution in [2.24, 2.45) is 4.99 Å². The van der Waals surface area contributed by atoms with E-state index in [2.05, 4.69) is 42.2 Å². The minimum atomic E-state index is -1.25. The van der Waals surface area contributed by atoms with Gasteiger partial charge in [-0.25, -0.2) is 9.79 Å². The van der Waals surface area contributed by atoms with Crippen molar-refractivity contribution in [3.8, 4) is 5.75 Å². The Morgan fingerprint density at radius 3 is 2.61 bits per heavy atom. The van der Waals surface area contributed by atoms with Gasteiger partial charge in [0.15, 0.2) is 5.71 Å². The fourth-order valence-corrected chi connectivity index (χ4v) is 4.31. The molecule has 3 aromatic rings. The fourth-order valence-electron chi connectivity index (χ4n) is 4.31. The summed E-state index contributed by atoms with van der Waals surface area (Å²) in [7, 11) is 0. The number of hydrogen-bond donors (Lipinski definition) is 1. The number of ether oxygens (including phenoxy) is 1. The fraction of sp³-hybridized carbons (Fsp3) is 0.192. The van der Waals surface area contributed by atoms with Gasteiger partial charge in [0.05, 0.1) is 0 Å². The lowest BCUT2D eigenvalue weighted by Crippen LogP contribution is -2.17. The van der Waals surface area contributed by atoms with E-state index in [0.29, 0.717) is 22.8 Å². The standard InChI is InChI=1S/C26H23NO4/c1-17-5-4-8-24-21(17)13-14-22(24)18-9-11-20(12-10-18)31-15-19-6-2-3-7-23(19)25(26(29)30)27-16-28/h2-12,16,22H,13-15H2,1H3,(H,29,30). The average molecular weight is 413 g/mol. The summed E-state index contributed by atoms with van der Waals surface area (Å²) in [4.78, 5) is 25.7. The van der Waals surface area contributed by atoms with Crippen molar-refractivity contribution < 1.29 is 19.4 Å². The molecule has 5 nitrogen and oxygen atoms in total. The topological polar surface area (TPSA) is 76.0 Å². The van der Waals surface area contributed by atoms with Crippen molar-refractivity contribution in [2.75, 3.05) is 0 Å². The monoisotopic (exact) mass is 413 g/mol. The molecule has 1 amide bonds. The quantitative estimate of drug-likeness (QED) is 0.451. The number of carbonyl (C=O) groups is 2. The van der Waals surface area contributed by atoms with Crippen molar-refractivity contribution in [2.45, 2.75) is 32.3 Å². The summed E-state index contributed by atoms with van der Waals surface area (Å²) in [6.45, 7) is 2.34. The first-order valence-electron chi connectivity index (χ1n) is 10.2. The average Bonchev–Trinajstić information content (AvgIpc) is 3.22. The molecule has 0 radical (unpaired) electrons. The molecule has 1 aliphatic carbocycles. The number of nitrogens with zero attached hydrogens (tertiary/aromatic N) is 1. The number of carbonyl (C=O) groups excluding carboxylic acids is 1. The highest BCUT2D eigenvalue weighted by atomic mass is 16.5. The lowest BCUT2D eigenvalue weighted by atomic mass is 9.92. The molecule has 1 atom stereocenters. The summed E-state index contributed by atoms with van der Waals surface area (Å²) in [5.74, 6) is -0.149. The van der Waals surface area contributed by atoms with Crippen LogP contribution in [0.25, 0.3) is 0 Å². The summed E-state index contributed by atoms with van der Waals surface area (Å²) in [6, 6.07) is 21.5. The van der Waals surface area contributed by atoms with E-state index in [4.69, 9.17) is 4.74 Å². The number of amides is 1. The highest BCUT2D eigenvalue weighted by Crippen LogP contribution is 2.39. The van der Waals surface area contributed by atoms with Crippen LogP contribution in [0.3, 0.4) is 0 Å². The van der Waals surface area contributed by atoms with Crippen molar-refractivity contribution in [3.05, 3.63) is 100 Å². The number of aliphatic imine (C=N–C) groups is 1. The van der Waals surface area contributed by atoms with E-state index in [9.17, 15) is 14.7 Å². The number of rotatable bonds is 7. The van der Waals surface area contributed by atoms with Crippen LogP contribution in [0.2, 0.25) is 0 Å². The van der Waals surface area contributed by atoms with Crippen molar-refractivity contribution in [3.63, 3.8) is 0 Å². The van der Waals surface area contributed by atoms with Gasteiger partial charge in [0.2, 0.25) is 6.41 Å². The molecule has 0 saturated heterocycles. The molecule has 0 heterocycles. The molecule has 0 fully saturated rings. The lowest BCUT2D eigenvalue weighted by molar-refractivity contribution is -0.129. The van der Waals surface area contributed by atoms with Crippen LogP contribution in [-0.4, -0.2) is 23.2 Å². The second-order valence-electron chi connectivity index (χ2n) is 7.64. The number of benzene rings is 3. The van der Waals surface area contributed by atoms with Gasteiger partial charge in [-0.05, 0) is 59.7 Å². The van der Waals surface area contributed by atoms with E-state index in [1.807, 2.05) is 12.1 Å². The zero-order valence-electron chi connectivity index (χ0n) is 17.2. The van der Waals surface area contributed by atoms with E-state index >= 15 is 0 Å². The van der Waals surface area contributed by atoms with Crippen LogP contribution >= 0.6 is 0 Å². The third kappa shape index (κ3) is 4.26. The molecular formula is C26H23NO4. The van der Waals surface area contributed by atoms with E-state index in [0.717, 1.165) is 12.8 Å². The number of aliphatic carboxylic acids is 1. The molecule has 1 aliphatic rings. The van der Waals surface area contributed by atoms with Crippen LogP contribution in [-0.2, 0) is 22.6 Å². The first-order chi connectivity index (χ1) is 15.1. The molecule has 156 valence electrons. The Balaban J connectivity index is 1.50. The Bertz CT molecular complexity index is 1150. The van der Waals surface area contributed by atoms with E-state index in [1.165, 1.54) is 22.3 Å². The predicted octanol–water partition coefficient (Wildman–Crippen LogP) is 4.68. The van der Waals surface area contributed by atoms with Gasteiger partial charge in [-0.3, -0.25) is 4.79 Å². The van der Waals surface area contributed by atoms with Crippen molar-refractivity contribution in [1.29, 1.82) is 0 Å². The first kappa shape index (κ1) is 20.5. The van der Waals surface area contributed by atoms with Gasteiger partial charge >= 0.3 is 5.97 Å². The Morgan fingerprint density at radius 2 is 1.87 bits per heavy atom. The molecule has 0 aliphatic heterocycles. The largest absolute Gasteiger partial charge is 0.489 e. The minimum absolute atomic E-state index is 0.173. The van der Waals surface area contributed by atoms with Gasteiger partial charge in [-0.15, -0.1) is 0 Å². The second kappa shape index (κ2) is 8.96. The summed E-state index contributed by atoms with van der Waals surface area (Å²) >= 11 is 0. The van der Waals surface area contributed by atoms with Crippen LogP contribution in [0.1, 0.15) is 45.7 Å². The number of aryl methyl sites for hydroxylation is 1. The van der Waals surface area contributed by atoms with Gasteiger partial charge in [0, 0.05) is 11.5 Å². The van der Waals surface area contributed by atoms with Gasteiger partial charge < -0.3 is 9.84 Å². The molecule has 1 unspecified atom stereocenters. The molecule has 0 aromatic heterocycles. The molecule has 1 N–H and O–H groups in total. The van der Waals surface area contributed by atoms with Crippen molar-refractivity contribution in [1.82, 2.24) is 0 Å².